The lowest BCUT2D eigenvalue weighted by molar-refractivity contribution is 0.102. The van der Waals surface area contributed by atoms with Crippen LogP contribution in [0.2, 0.25) is 0 Å². The Morgan fingerprint density at radius 3 is 2.71 bits per heavy atom. The molecule has 2 N–H and O–H groups in total. The third kappa shape index (κ3) is 4.05. The summed E-state index contributed by atoms with van der Waals surface area (Å²) in [5, 5.41) is 5.68. The minimum atomic E-state index is -1.02. The molecule has 7 heteroatoms. The fourth-order valence-electron chi connectivity index (χ4n) is 2.44. The Bertz CT molecular complexity index is 716. The second kappa shape index (κ2) is 7.35. The highest BCUT2D eigenvalue weighted by Crippen LogP contribution is 2.16. The molecule has 0 aliphatic carbocycles. The number of halogens is 2. The van der Waals surface area contributed by atoms with Crippen molar-refractivity contribution >= 4 is 17.3 Å². The van der Waals surface area contributed by atoms with Gasteiger partial charge in [0.15, 0.2) is 11.6 Å². The van der Waals surface area contributed by atoms with Crippen LogP contribution in [-0.2, 0) is 4.74 Å². The van der Waals surface area contributed by atoms with Crippen LogP contribution >= 0.6 is 0 Å². The Morgan fingerprint density at radius 1 is 1.21 bits per heavy atom. The maximum absolute atomic E-state index is 13.1. The van der Waals surface area contributed by atoms with Gasteiger partial charge in [-0.2, -0.15) is 0 Å². The van der Waals surface area contributed by atoms with Crippen LogP contribution in [0.3, 0.4) is 0 Å². The van der Waals surface area contributed by atoms with Gasteiger partial charge >= 0.3 is 0 Å². The molecule has 1 aliphatic rings. The zero-order valence-electron chi connectivity index (χ0n) is 12.9. The standard InChI is InChI=1S/C17H17F2N3O2/c18-14-5-3-11(8-15(14)19)22-17(23)16-6-4-12(9-21-16)20-10-13-2-1-7-24-13/h3-6,8-9,13,20H,1-2,7,10H2,(H,22,23). The fraction of sp³-hybridized carbons (Fsp3) is 0.294. The van der Waals surface area contributed by atoms with Gasteiger partial charge in [0.05, 0.1) is 18.0 Å². The van der Waals surface area contributed by atoms with Crippen molar-refractivity contribution in [3.05, 3.63) is 53.9 Å². The van der Waals surface area contributed by atoms with E-state index in [9.17, 15) is 13.6 Å². The Hall–Kier alpha value is -2.54. The van der Waals surface area contributed by atoms with Gasteiger partial charge < -0.3 is 15.4 Å². The third-order valence-electron chi connectivity index (χ3n) is 3.73. The van der Waals surface area contributed by atoms with Gasteiger partial charge in [-0.25, -0.2) is 13.8 Å². The summed E-state index contributed by atoms with van der Waals surface area (Å²) in [6, 6.07) is 6.46. The first-order chi connectivity index (χ1) is 11.6. The molecule has 24 heavy (non-hydrogen) atoms. The summed E-state index contributed by atoms with van der Waals surface area (Å²) in [6.45, 7) is 1.50. The minimum Gasteiger partial charge on any atom is -0.381 e. The van der Waals surface area contributed by atoms with E-state index in [1.807, 2.05) is 0 Å². The zero-order chi connectivity index (χ0) is 16.9. The van der Waals surface area contributed by atoms with Crippen LogP contribution in [0, 0.1) is 11.6 Å². The van der Waals surface area contributed by atoms with E-state index in [0.29, 0.717) is 6.54 Å². The number of amides is 1. The predicted molar refractivity (Wildman–Crippen MR) is 86.0 cm³/mol. The SMILES string of the molecule is O=C(Nc1ccc(F)c(F)c1)c1ccc(NCC2CCCO2)cn1. The number of hydrogen-bond donors (Lipinski definition) is 2. The molecule has 1 amide bonds. The van der Waals surface area contributed by atoms with E-state index >= 15 is 0 Å². The summed E-state index contributed by atoms with van der Waals surface area (Å²) in [4.78, 5) is 16.1. The highest BCUT2D eigenvalue weighted by atomic mass is 19.2. The smallest absolute Gasteiger partial charge is 0.274 e. The molecule has 1 saturated heterocycles. The molecule has 5 nitrogen and oxygen atoms in total. The van der Waals surface area contributed by atoms with Crippen LogP contribution in [-0.4, -0.2) is 30.1 Å². The van der Waals surface area contributed by atoms with Gasteiger partial charge in [-0.05, 0) is 37.1 Å². The molecule has 2 heterocycles. The Kier molecular flexibility index (Phi) is 5.00. The number of carbonyl (C=O) groups is 1. The topological polar surface area (TPSA) is 63.2 Å². The Morgan fingerprint density at radius 2 is 2.04 bits per heavy atom. The van der Waals surface area contributed by atoms with Crippen molar-refractivity contribution in [1.82, 2.24) is 4.98 Å². The number of rotatable bonds is 5. The molecule has 1 unspecified atom stereocenters. The molecule has 0 spiro atoms. The predicted octanol–water partition coefficient (Wildman–Crippen LogP) is 3.20. The number of ether oxygens (including phenoxy) is 1. The number of benzene rings is 1. The molecule has 0 bridgehead atoms. The van der Waals surface area contributed by atoms with E-state index < -0.39 is 17.5 Å². The summed E-state index contributed by atoms with van der Waals surface area (Å²) in [5.41, 5.74) is 1.14. The molecular formula is C17H17F2N3O2. The summed E-state index contributed by atoms with van der Waals surface area (Å²) in [5.74, 6) is -2.48. The van der Waals surface area contributed by atoms with Crippen molar-refractivity contribution < 1.29 is 18.3 Å². The summed E-state index contributed by atoms with van der Waals surface area (Å²) >= 11 is 0. The second-order valence-corrected chi connectivity index (χ2v) is 5.53. The lowest BCUT2D eigenvalue weighted by Gasteiger charge is -2.12. The van der Waals surface area contributed by atoms with Gasteiger partial charge in [-0.15, -0.1) is 0 Å². The third-order valence-corrected chi connectivity index (χ3v) is 3.73. The number of anilines is 2. The number of nitrogens with one attached hydrogen (secondary N) is 2. The number of carbonyl (C=O) groups excluding carboxylic acids is 1. The van der Waals surface area contributed by atoms with Crippen molar-refractivity contribution in [2.45, 2.75) is 18.9 Å². The first-order valence-electron chi connectivity index (χ1n) is 7.70. The monoisotopic (exact) mass is 333 g/mol. The molecule has 1 atom stereocenters. The quantitative estimate of drug-likeness (QED) is 0.882. The van der Waals surface area contributed by atoms with Gasteiger partial charge in [0.1, 0.15) is 5.69 Å². The first kappa shape index (κ1) is 16.3. The molecule has 0 saturated carbocycles. The Labute approximate surface area is 138 Å². The van der Waals surface area contributed by atoms with E-state index in [2.05, 4.69) is 15.6 Å². The zero-order valence-corrected chi connectivity index (χ0v) is 12.9. The van der Waals surface area contributed by atoms with Crippen LogP contribution in [0.15, 0.2) is 36.5 Å². The average Bonchev–Trinajstić information content (AvgIpc) is 3.10. The van der Waals surface area contributed by atoms with E-state index in [-0.39, 0.29) is 17.5 Å². The average molecular weight is 333 g/mol. The highest BCUT2D eigenvalue weighted by molar-refractivity contribution is 6.02. The number of aromatic nitrogens is 1. The lowest BCUT2D eigenvalue weighted by Crippen LogP contribution is -2.19. The first-order valence-corrected chi connectivity index (χ1v) is 7.70. The molecule has 1 aromatic carbocycles. The Balaban J connectivity index is 1.57. The highest BCUT2D eigenvalue weighted by Gasteiger charge is 2.15. The van der Waals surface area contributed by atoms with Crippen LogP contribution in [0.4, 0.5) is 20.2 Å². The van der Waals surface area contributed by atoms with Crippen molar-refractivity contribution in [2.24, 2.45) is 0 Å². The maximum Gasteiger partial charge on any atom is 0.274 e. The number of nitrogens with zero attached hydrogens (tertiary/aromatic N) is 1. The van der Waals surface area contributed by atoms with Crippen molar-refractivity contribution in [3.63, 3.8) is 0 Å². The van der Waals surface area contributed by atoms with E-state index in [1.165, 1.54) is 6.07 Å². The van der Waals surface area contributed by atoms with Crippen LogP contribution in [0.25, 0.3) is 0 Å². The molecule has 126 valence electrons. The lowest BCUT2D eigenvalue weighted by atomic mass is 10.2. The minimum absolute atomic E-state index is 0.168. The van der Waals surface area contributed by atoms with Crippen LogP contribution in [0.1, 0.15) is 23.3 Å². The van der Waals surface area contributed by atoms with Crippen molar-refractivity contribution in [1.29, 1.82) is 0 Å². The van der Waals surface area contributed by atoms with E-state index in [1.54, 1.807) is 18.3 Å². The summed E-state index contributed by atoms with van der Waals surface area (Å²) < 4.78 is 31.5. The summed E-state index contributed by atoms with van der Waals surface area (Å²) in [6.07, 6.45) is 3.87. The van der Waals surface area contributed by atoms with Gasteiger partial charge in [0.25, 0.3) is 5.91 Å². The molecule has 2 aromatic rings. The molecule has 1 fully saturated rings. The molecule has 1 aromatic heterocycles. The van der Waals surface area contributed by atoms with Gasteiger partial charge in [0.2, 0.25) is 0 Å². The normalized spacial score (nSPS) is 16.8. The second-order valence-electron chi connectivity index (χ2n) is 5.53. The van der Waals surface area contributed by atoms with Crippen LogP contribution < -0.4 is 10.6 Å². The fourth-order valence-corrected chi connectivity index (χ4v) is 2.44. The van der Waals surface area contributed by atoms with E-state index in [4.69, 9.17) is 4.74 Å². The van der Waals surface area contributed by atoms with Gasteiger partial charge in [0, 0.05) is 24.9 Å². The number of pyridine rings is 1. The molecular weight excluding hydrogens is 316 g/mol. The van der Waals surface area contributed by atoms with Crippen molar-refractivity contribution in [2.75, 3.05) is 23.8 Å². The summed E-state index contributed by atoms with van der Waals surface area (Å²) in [7, 11) is 0. The molecule has 0 radical (unpaired) electrons. The number of hydrogen-bond acceptors (Lipinski definition) is 4. The van der Waals surface area contributed by atoms with Crippen LogP contribution in [0.5, 0.6) is 0 Å². The largest absolute Gasteiger partial charge is 0.381 e. The van der Waals surface area contributed by atoms with E-state index in [0.717, 1.165) is 37.3 Å². The van der Waals surface area contributed by atoms with Gasteiger partial charge in [-0.3, -0.25) is 4.79 Å². The van der Waals surface area contributed by atoms with Crippen molar-refractivity contribution in [3.8, 4) is 0 Å². The molecule has 3 rings (SSSR count). The molecule has 1 aliphatic heterocycles. The maximum atomic E-state index is 13.1. The van der Waals surface area contributed by atoms with Gasteiger partial charge in [-0.1, -0.05) is 0 Å².